The van der Waals surface area contributed by atoms with Crippen molar-refractivity contribution in [2.24, 2.45) is 0 Å². The Morgan fingerprint density at radius 2 is 1.70 bits per heavy atom. The van der Waals surface area contributed by atoms with Gasteiger partial charge in [-0.15, -0.1) is 0 Å². The van der Waals surface area contributed by atoms with Gasteiger partial charge in [-0.2, -0.15) is 0 Å². The molecule has 1 aliphatic rings. The predicted molar refractivity (Wildman–Crippen MR) is 121 cm³/mol. The molecule has 4 rings (SSSR count). The third kappa shape index (κ3) is 4.11. The lowest BCUT2D eigenvalue weighted by molar-refractivity contribution is 0.569. The van der Waals surface area contributed by atoms with Gasteiger partial charge in [-0.05, 0) is 36.5 Å². The molecule has 0 bridgehead atoms. The Hall–Kier alpha value is -2.32. The molecule has 0 radical (unpaired) electrons. The van der Waals surface area contributed by atoms with Gasteiger partial charge in [0.15, 0.2) is 9.84 Å². The van der Waals surface area contributed by atoms with Gasteiger partial charge in [0.1, 0.15) is 5.25 Å². The third-order valence-corrected chi connectivity index (χ3v) is 7.76. The molecule has 6 nitrogen and oxygen atoms in total. The Bertz CT molecular complexity index is 1290. The lowest BCUT2D eigenvalue weighted by Crippen LogP contribution is -2.18. The van der Waals surface area contributed by atoms with E-state index < -0.39 is 25.1 Å². The van der Waals surface area contributed by atoms with Crippen molar-refractivity contribution in [3.8, 4) is 0 Å². The monoisotopic (exact) mass is 446 g/mol. The molecule has 30 heavy (non-hydrogen) atoms. The molecule has 1 unspecified atom stereocenters. The van der Waals surface area contributed by atoms with Crippen molar-refractivity contribution >= 4 is 36.5 Å². The number of para-hydroxylation sites is 1. The summed E-state index contributed by atoms with van der Waals surface area (Å²) in [4.78, 5) is 0. The van der Waals surface area contributed by atoms with Gasteiger partial charge in [-0.1, -0.05) is 48.9 Å². The molecule has 0 aliphatic heterocycles. The number of nitrogens with zero attached hydrogens (tertiary/aromatic N) is 1. The van der Waals surface area contributed by atoms with Crippen LogP contribution in [-0.2, 0) is 32.8 Å². The number of hydrogen-bond acceptors (Lipinski definition) is 4. The van der Waals surface area contributed by atoms with E-state index in [0.717, 1.165) is 53.2 Å². The van der Waals surface area contributed by atoms with Crippen LogP contribution in [-0.4, -0.2) is 33.9 Å². The SMILES string of the molecule is CS(=O)(=O)Nc1cccc2c3c(n(Cc4ccccc4)c12)C(S(C)(=O)=O)CCCC3. The molecular formula is C22H26N2O4S2. The van der Waals surface area contributed by atoms with E-state index in [4.69, 9.17) is 0 Å². The second-order valence-corrected chi connectivity index (χ2v) is 12.1. The van der Waals surface area contributed by atoms with Crippen molar-refractivity contribution in [2.45, 2.75) is 37.5 Å². The van der Waals surface area contributed by atoms with E-state index in [9.17, 15) is 16.8 Å². The van der Waals surface area contributed by atoms with Crippen molar-refractivity contribution in [3.63, 3.8) is 0 Å². The molecule has 0 saturated heterocycles. The first-order valence-corrected chi connectivity index (χ1v) is 13.8. The average Bonchev–Trinajstić information content (AvgIpc) is 2.81. The molecule has 160 valence electrons. The molecule has 2 aromatic carbocycles. The van der Waals surface area contributed by atoms with E-state index in [1.54, 1.807) is 6.07 Å². The second-order valence-electron chi connectivity index (χ2n) is 8.08. The maximum Gasteiger partial charge on any atom is 0.229 e. The first-order valence-electron chi connectivity index (χ1n) is 10.00. The predicted octanol–water partition coefficient (Wildman–Crippen LogP) is 3.87. The van der Waals surface area contributed by atoms with Crippen LogP contribution in [0.15, 0.2) is 48.5 Å². The summed E-state index contributed by atoms with van der Waals surface area (Å²) in [6.07, 6.45) is 5.54. The van der Waals surface area contributed by atoms with Crippen molar-refractivity contribution in [3.05, 3.63) is 65.4 Å². The van der Waals surface area contributed by atoms with E-state index in [-0.39, 0.29) is 0 Å². The van der Waals surface area contributed by atoms with Crippen molar-refractivity contribution < 1.29 is 16.8 Å². The minimum absolute atomic E-state index is 0.473. The van der Waals surface area contributed by atoms with Gasteiger partial charge in [0.05, 0.1) is 17.5 Å². The highest BCUT2D eigenvalue weighted by atomic mass is 32.2. The van der Waals surface area contributed by atoms with Crippen LogP contribution >= 0.6 is 0 Å². The Morgan fingerprint density at radius 3 is 2.37 bits per heavy atom. The smallest absolute Gasteiger partial charge is 0.229 e. The fourth-order valence-corrected chi connectivity index (χ4v) is 6.36. The van der Waals surface area contributed by atoms with Gasteiger partial charge in [0.25, 0.3) is 0 Å². The summed E-state index contributed by atoms with van der Waals surface area (Å²) in [5, 5.41) is 0.322. The lowest BCUT2D eigenvalue weighted by Gasteiger charge is -2.19. The molecule has 8 heteroatoms. The fourth-order valence-electron chi connectivity index (χ4n) is 4.53. The van der Waals surface area contributed by atoms with Gasteiger partial charge in [-0.25, -0.2) is 16.8 Å². The summed E-state index contributed by atoms with van der Waals surface area (Å²) in [6.45, 7) is 0.473. The topological polar surface area (TPSA) is 85.2 Å². The zero-order valence-electron chi connectivity index (χ0n) is 17.1. The average molecular weight is 447 g/mol. The number of nitrogens with one attached hydrogen (secondary N) is 1. The summed E-state index contributed by atoms with van der Waals surface area (Å²) < 4.78 is 54.2. The summed E-state index contributed by atoms with van der Waals surface area (Å²) in [7, 11) is -6.82. The van der Waals surface area contributed by atoms with Crippen LogP contribution in [0.2, 0.25) is 0 Å². The molecule has 1 aromatic heterocycles. The lowest BCUT2D eigenvalue weighted by atomic mass is 10.1. The van der Waals surface area contributed by atoms with E-state index in [0.29, 0.717) is 18.7 Å². The Labute approximate surface area is 177 Å². The number of benzene rings is 2. The molecule has 0 spiro atoms. The van der Waals surface area contributed by atoms with Crippen LogP contribution in [0, 0.1) is 0 Å². The Morgan fingerprint density at radius 1 is 0.967 bits per heavy atom. The zero-order chi connectivity index (χ0) is 21.5. The molecule has 0 saturated carbocycles. The van der Waals surface area contributed by atoms with Gasteiger partial charge in [-0.3, -0.25) is 4.72 Å². The zero-order valence-corrected chi connectivity index (χ0v) is 18.8. The quantitative estimate of drug-likeness (QED) is 0.603. The molecule has 1 N–H and O–H groups in total. The molecule has 0 fully saturated rings. The number of anilines is 1. The molecule has 3 aromatic rings. The van der Waals surface area contributed by atoms with Crippen LogP contribution in [0.3, 0.4) is 0 Å². The van der Waals surface area contributed by atoms with E-state index >= 15 is 0 Å². The van der Waals surface area contributed by atoms with Crippen molar-refractivity contribution in [1.82, 2.24) is 4.57 Å². The number of aryl methyl sites for hydroxylation is 1. The summed E-state index contributed by atoms with van der Waals surface area (Å²) in [5.41, 5.74) is 4.07. The minimum Gasteiger partial charge on any atom is -0.337 e. The number of hydrogen-bond donors (Lipinski definition) is 1. The van der Waals surface area contributed by atoms with Crippen LogP contribution in [0.5, 0.6) is 0 Å². The molecule has 1 heterocycles. The molecule has 1 aliphatic carbocycles. The van der Waals surface area contributed by atoms with Crippen LogP contribution < -0.4 is 4.72 Å². The standard InChI is InChI=1S/C22H26N2O4S2/c1-29(25,26)20-14-7-6-11-18-17-12-8-13-19(23-30(2,27)28)21(17)24(22(18)20)15-16-9-4-3-5-10-16/h3-5,8-10,12-13,20,23H,6-7,11,14-15H2,1-2H3. The normalized spacial score (nSPS) is 17.5. The number of aromatic nitrogens is 1. The van der Waals surface area contributed by atoms with Gasteiger partial charge in [0.2, 0.25) is 10.0 Å². The Kier molecular flexibility index (Phi) is 5.40. The van der Waals surface area contributed by atoms with Crippen LogP contribution in [0.1, 0.15) is 41.3 Å². The minimum atomic E-state index is -3.49. The van der Waals surface area contributed by atoms with Crippen LogP contribution in [0.25, 0.3) is 10.9 Å². The van der Waals surface area contributed by atoms with Gasteiger partial charge in [0, 0.05) is 23.9 Å². The highest BCUT2D eigenvalue weighted by molar-refractivity contribution is 7.92. The van der Waals surface area contributed by atoms with Crippen molar-refractivity contribution in [1.29, 1.82) is 0 Å². The number of fused-ring (bicyclic) bond motifs is 3. The van der Waals surface area contributed by atoms with E-state index in [1.165, 1.54) is 6.26 Å². The largest absolute Gasteiger partial charge is 0.337 e. The Balaban J connectivity index is 2.06. The first-order chi connectivity index (χ1) is 14.1. The fraction of sp³-hybridized carbons (Fsp3) is 0.364. The summed E-state index contributed by atoms with van der Waals surface area (Å²) in [6, 6.07) is 15.4. The summed E-state index contributed by atoms with van der Waals surface area (Å²) >= 11 is 0. The molecule has 1 atom stereocenters. The van der Waals surface area contributed by atoms with Gasteiger partial charge >= 0.3 is 0 Å². The molecular weight excluding hydrogens is 420 g/mol. The van der Waals surface area contributed by atoms with Gasteiger partial charge < -0.3 is 4.57 Å². The maximum atomic E-state index is 12.8. The maximum absolute atomic E-state index is 12.8. The highest BCUT2D eigenvalue weighted by Gasteiger charge is 2.33. The van der Waals surface area contributed by atoms with E-state index in [2.05, 4.69) is 4.72 Å². The third-order valence-electron chi connectivity index (χ3n) is 5.67. The second kappa shape index (κ2) is 7.74. The van der Waals surface area contributed by atoms with E-state index in [1.807, 2.05) is 47.0 Å². The number of rotatable bonds is 5. The molecule has 0 amide bonds. The van der Waals surface area contributed by atoms with Crippen LogP contribution in [0.4, 0.5) is 5.69 Å². The number of sulfone groups is 1. The first kappa shape index (κ1) is 20.9. The van der Waals surface area contributed by atoms with Crippen molar-refractivity contribution in [2.75, 3.05) is 17.2 Å². The highest BCUT2D eigenvalue weighted by Crippen LogP contribution is 2.42. The number of sulfonamides is 1. The summed E-state index contributed by atoms with van der Waals surface area (Å²) in [5.74, 6) is 0.